The van der Waals surface area contributed by atoms with Crippen LogP contribution in [0.1, 0.15) is 31.7 Å². The van der Waals surface area contributed by atoms with Gasteiger partial charge in [-0.05, 0) is 48.6 Å². The number of carbonyl (C=O) groups excluding carboxylic acids is 3. The summed E-state index contributed by atoms with van der Waals surface area (Å²) in [4.78, 5) is 41.8. The van der Waals surface area contributed by atoms with Gasteiger partial charge in [-0.1, -0.05) is 36.4 Å². The maximum atomic E-state index is 13.3. The number of hydrogen-bond acceptors (Lipinski definition) is 5. The van der Waals surface area contributed by atoms with Gasteiger partial charge in [0.15, 0.2) is 9.84 Å². The zero-order valence-corrected chi connectivity index (χ0v) is 18.6. The average molecular weight is 456 g/mol. The van der Waals surface area contributed by atoms with Crippen molar-refractivity contribution in [2.75, 3.05) is 18.1 Å². The van der Waals surface area contributed by atoms with Gasteiger partial charge in [0, 0.05) is 12.1 Å². The average Bonchev–Trinajstić information content (AvgIpc) is 3.48. The van der Waals surface area contributed by atoms with E-state index in [0.29, 0.717) is 12.0 Å². The first kappa shape index (κ1) is 20.9. The molecule has 2 aromatic carbocycles. The SMILES string of the molecule is C[C@@]1(c2ccc3ccccc3c2)NC(=O)N(CC(=O)N(C2CC2)[C@H]2CCS(=O)(=O)C2)C1=O. The van der Waals surface area contributed by atoms with Crippen molar-refractivity contribution in [3.63, 3.8) is 0 Å². The summed E-state index contributed by atoms with van der Waals surface area (Å²) in [6.45, 7) is 1.25. The van der Waals surface area contributed by atoms with Gasteiger partial charge in [0.2, 0.25) is 5.91 Å². The third-order valence-electron chi connectivity index (χ3n) is 6.73. The van der Waals surface area contributed by atoms with Gasteiger partial charge in [-0.2, -0.15) is 0 Å². The van der Waals surface area contributed by atoms with Crippen LogP contribution >= 0.6 is 0 Å². The number of rotatable bonds is 5. The number of carbonyl (C=O) groups is 3. The van der Waals surface area contributed by atoms with Crippen molar-refractivity contribution in [1.82, 2.24) is 15.1 Å². The largest absolute Gasteiger partial charge is 0.334 e. The van der Waals surface area contributed by atoms with Crippen LogP contribution in [0.3, 0.4) is 0 Å². The molecule has 2 atom stereocenters. The fourth-order valence-electron chi connectivity index (χ4n) is 4.81. The van der Waals surface area contributed by atoms with Gasteiger partial charge in [-0.15, -0.1) is 0 Å². The van der Waals surface area contributed by atoms with E-state index in [-0.39, 0.29) is 36.0 Å². The van der Waals surface area contributed by atoms with E-state index in [1.54, 1.807) is 11.8 Å². The molecule has 3 aliphatic rings. The van der Waals surface area contributed by atoms with Crippen LogP contribution < -0.4 is 5.32 Å². The summed E-state index contributed by atoms with van der Waals surface area (Å²) in [5.41, 5.74) is -0.631. The van der Waals surface area contributed by atoms with E-state index in [1.165, 1.54) is 0 Å². The monoisotopic (exact) mass is 455 g/mol. The molecule has 0 aromatic heterocycles. The van der Waals surface area contributed by atoms with Gasteiger partial charge in [0.1, 0.15) is 12.1 Å². The van der Waals surface area contributed by atoms with Gasteiger partial charge in [-0.3, -0.25) is 14.5 Å². The van der Waals surface area contributed by atoms with E-state index < -0.39 is 27.3 Å². The summed E-state index contributed by atoms with van der Waals surface area (Å²) in [6, 6.07) is 12.3. The number of urea groups is 1. The summed E-state index contributed by atoms with van der Waals surface area (Å²) < 4.78 is 23.9. The zero-order chi connectivity index (χ0) is 22.7. The minimum Gasteiger partial charge on any atom is -0.334 e. The highest BCUT2D eigenvalue weighted by molar-refractivity contribution is 7.91. The summed E-state index contributed by atoms with van der Waals surface area (Å²) in [7, 11) is -3.15. The molecule has 2 saturated heterocycles. The Morgan fingerprint density at radius 1 is 1.09 bits per heavy atom. The van der Waals surface area contributed by atoms with E-state index in [0.717, 1.165) is 28.5 Å². The number of fused-ring (bicyclic) bond motifs is 1. The summed E-state index contributed by atoms with van der Waals surface area (Å²) >= 11 is 0. The first-order valence-electron chi connectivity index (χ1n) is 10.8. The molecule has 9 heteroatoms. The Hall–Kier alpha value is -2.94. The third-order valence-corrected chi connectivity index (χ3v) is 8.48. The molecule has 0 radical (unpaired) electrons. The molecule has 4 amide bonds. The Labute approximate surface area is 186 Å². The van der Waals surface area contributed by atoms with Crippen LogP contribution in [0.5, 0.6) is 0 Å². The van der Waals surface area contributed by atoms with Gasteiger partial charge in [0.25, 0.3) is 5.91 Å². The molecule has 0 spiro atoms. The predicted octanol–water partition coefficient (Wildman–Crippen LogP) is 1.78. The summed E-state index contributed by atoms with van der Waals surface area (Å²) in [5, 5.41) is 4.73. The van der Waals surface area contributed by atoms with Crippen molar-refractivity contribution in [1.29, 1.82) is 0 Å². The van der Waals surface area contributed by atoms with E-state index in [2.05, 4.69) is 5.32 Å². The van der Waals surface area contributed by atoms with Crippen LogP contribution in [0.25, 0.3) is 10.8 Å². The molecule has 2 heterocycles. The number of sulfone groups is 1. The molecular formula is C23H25N3O5S. The highest BCUT2D eigenvalue weighted by atomic mass is 32.2. The number of hydrogen-bond donors (Lipinski definition) is 1. The van der Waals surface area contributed by atoms with Crippen LogP contribution in [0.15, 0.2) is 42.5 Å². The highest BCUT2D eigenvalue weighted by Gasteiger charge is 2.51. The summed E-state index contributed by atoms with van der Waals surface area (Å²) in [6.07, 6.45) is 2.04. The molecule has 1 aliphatic carbocycles. The molecule has 8 nitrogen and oxygen atoms in total. The summed E-state index contributed by atoms with van der Waals surface area (Å²) in [5.74, 6) is -0.844. The normalized spacial score (nSPS) is 27.0. The predicted molar refractivity (Wildman–Crippen MR) is 118 cm³/mol. The quantitative estimate of drug-likeness (QED) is 0.693. The fourth-order valence-corrected chi connectivity index (χ4v) is 6.52. The lowest BCUT2D eigenvalue weighted by Gasteiger charge is -2.30. The van der Waals surface area contributed by atoms with Crippen molar-refractivity contribution in [3.05, 3.63) is 48.0 Å². The molecule has 1 N–H and O–H groups in total. The Morgan fingerprint density at radius 2 is 1.81 bits per heavy atom. The van der Waals surface area contributed by atoms with Crippen LogP contribution in [0.2, 0.25) is 0 Å². The molecule has 2 aromatic rings. The maximum absolute atomic E-state index is 13.3. The molecular weight excluding hydrogens is 430 g/mol. The lowest BCUT2D eigenvalue weighted by molar-refractivity contribution is -0.140. The molecule has 168 valence electrons. The fraction of sp³-hybridized carbons (Fsp3) is 0.435. The second-order valence-electron chi connectivity index (χ2n) is 9.10. The topological polar surface area (TPSA) is 104 Å². The van der Waals surface area contributed by atoms with E-state index in [1.807, 2.05) is 42.5 Å². The van der Waals surface area contributed by atoms with Crippen molar-refractivity contribution in [2.24, 2.45) is 0 Å². The minimum absolute atomic E-state index is 0.00608. The molecule has 3 fully saturated rings. The number of benzene rings is 2. The van der Waals surface area contributed by atoms with Crippen LogP contribution in [0, 0.1) is 0 Å². The molecule has 1 saturated carbocycles. The molecule has 0 unspecified atom stereocenters. The van der Waals surface area contributed by atoms with Gasteiger partial charge >= 0.3 is 6.03 Å². The Kier molecular flexibility index (Phi) is 4.77. The number of amides is 4. The number of nitrogens with zero attached hydrogens (tertiary/aromatic N) is 2. The van der Waals surface area contributed by atoms with Gasteiger partial charge in [0.05, 0.1) is 11.5 Å². The smallest absolute Gasteiger partial charge is 0.325 e. The highest BCUT2D eigenvalue weighted by Crippen LogP contribution is 2.34. The molecule has 32 heavy (non-hydrogen) atoms. The lowest BCUT2D eigenvalue weighted by atomic mass is 9.90. The first-order chi connectivity index (χ1) is 15.2. The van der Waals surface area contributed by atoms with Crippen LogP contribution in [0.4, 0.5) is 4.79 Å². The number of imide groups is 1. The van der Waals surface area contributed by atoms with Gasteiger partial charge < -0.3 is 10.2 Å². The Bertz CT molecular complexity index is 1240. The maximum Gasteiger partial charge on any atom is 0.325 e. The van der Waals surface area contributed by atoms with E-state index >= 15 is 0 Å². The number of nitrogens with one attached hydrogen (secondary N) is 1. The zero-order valence-electron chi connectivity index (χ0n) is 17.8. The third kappa shape index (κ3) is 3.54. The van der Waals surface area contributed by atoms with Crippen molar-refractivity contribution in [3.8, 4) is 0 Å². The standard InChI is InChI=1S/C23H25N3O5S/c1-23(17-7-6-15-4-2-3-5-16(15)12-17)21(28)25(22(29)24-23)13-20(27)26(18-8-9-18)19-10-11-32(30,31)14-19/h2-7,12,18-19H,8-11,13-14H2,1H3,(H,24,29)/t19-,23-/m0/s1. The van der Waals surface area contributed by atoms with Crippen LogP contribution in [-0.2, 0) is 25.0 Å². The lowest BCUT2D eigenvalue weighted by Crippen LogP contribution is -2.49. The molecule has 2 aliphatic heterocycles. The van der Waals surface area contributed by atoms with Gasteiger partial charge in [-0.25, -0.2) is 13.2 Å². The van der Waals surface area contributed by atoms with Crippen molar-refractivity contribution in [2.45, 2.75) is 43.8 Å². The first-order valence-corrected chi connectivity index (χ1v) is 12.6. The minimum atomic E-state index is -3.15. The second-order valence-corrected chi connectivity index (χ2v) is 11.3. The second kappa shape index (κ2) is 7.30. The Morgan fingerprint density at radius 3 is 2.47 bits per heavy atom. The molecule has 0 bridgehead atoms. The van der Waals surface area contributed by atoms with E-state index in [9.17, 15) is 22.8 Å². The van der Waals surface area contributed by atoms with E-state index in [4.69, 9.17) is 0 Å². The van der Waals surface area contributed by atoms with Crippen molar-refractivity contribution >= 4 is 38.5 Å². The molecule has 5 rings (SSSR count). The van der Waals surface area contributed by atoms with Crippen LogP contribution in [-0.4, -0.2) is 66.2 Å². The van der Waals surface area contributed by atoms with Crippen molar-refractivity contribution < 1.29 is 22.8 Å². The Balaban J connectivity index is 1.38.